The Morgan fingerprint density at radius 3 is 2.33 bits per heavy atom. The van der Waals surface area contributed by atoms with Crippen molar-refractivity contribution in [3.63, 3.8) is 0 Å². The first kappa shape index (κ1) is 14.7. The summed E-state index contributed by atoms with van der Waals surface area (Å²) in [6.45, 7) is 2.22. The van der Waals surface area contributed by atoms with Gasteiger partial charge in [0.1, 0.15) is 5.75 Å². The molecule has 0 heterocycles. The van der Waals surface area contributed by atoms with Crippen LogP contribution in [0.25, 0.3) is 0 Å². The van der Waals surface area contributed by atoms with Crippen LogP contribution in [0.1, 0.15) is 58.3 Å². The average molecular weight is 247 g/mol. The average Bonchev–Trinajstić information content (AvgIpc) is 2.39. The fourth-order valence-corrected chi connectivity index (χ4v) is 1.85. The van der Waals surface area contributed by atoms with Crippen LogP contribution in [0.3, 0.4) is 0 Å². The summed E-state index contributed by atoms with van der Waals surface area (Å²) in [7, 11) is 0. The lowest BCUT2D eigenvalue weighted by Crippen LogP contribution is -2.07. The fraction of sp³-hybridized carbons (Fsp3) is 0.562. The van der Waals surface area contributed by atoms with Crippen molar-refractivity contribution in [3.8, 4) is 5.75 Å². The molecule has 2 nitrogen and oxygen atoms in total. The van der Waals surface area contributed by atoms with Crippen molar-refractivity contribution in [2.24, 2.45) is 0 Å². The molecule has 1 aromatic rings. The van der Waals surface area contributed by atoms with Crippen molar-refractivity contribution in [1.29, 1.82) is 0 Å². The van der Waals surface area contributed by atoms with Gasteiger partial charge in [-0.3, -0.25) is 4.79 Å². The molecule has 0 unspecified atom stereocenters. The zero-order valence-electron chi connectivity index (χ0n) is 11.3. The number of hydrogen-bond acceptors (Lipinski definition) is 2. The molecule has 0 aromatic heterocycles. The third-order valence-corrected chi connectivity index (χ3v) is 2.90. The van der Waals surface area contributed by atoms with Crippen LogP contribution in [-0.2, 0) is 4.79 Å². The van der Waals surface area contributed by atoms with E-state index in [4.69, 9.17) is 4.74 Å². The second-order valence-corrected chi connectivity index (χ2v) is 4.58. The normalized spacial score (nSPS) is 10.3. The van der Waals surface area contributed by atoms with Crippen molar-refractivity contribution in [2.75, 3.05) is 0 Å². The second-order valence-electron chi connectivity index (χ2n) is 4.58. The number of unbranched alkanes of at least 4 members (excludes halogenated alkanes) is 6. The third-order valence-electron chi connectivity index (χ3n) is 2.90. The van der Waals surface area contributed by atoms with E-state index >= 15 is 0 Å². The summed E-state index contributed by atoms with van der Waals surface area (Å²) >= 11 is 0. The first-order valence-corrected chi connectivity index (χ1v) is 6.99. The minimum absolute atomic E-state index is 0.130. The highest BCUT2D eigenvalue weighted by Gasteiger charge is 2.03. The van der Waals surface area contributed by atoms with Gasteiger partial charge in [-0.1, -0.05) is 57.6 Å². The van der Waals surface area contributed by atoms with Crippen molar-refractivity contribution in [3.05, 3.63) is 30.3 Å². The molecule has 0 saturated heterocycles. The Balaban J connectivity index is 2.00. The third kappa shape index (κ3) is 7.10. The van der Waals surface area contributed by atoms with E-state index in [0.717, 1.165) is 12.8 Å². The largest absolute Gasteiger partial charge is 0.427 e. The van der Waals surface area contributed by atoms with Gasteiger partial charge >= 0.3 is 5.97 Å². The SMILES string of the molecule is CCCCCCCCCC(=O)Oc1cc[c]cc1. The maximum absolute atomic E-state index is 11.5. The van der Waals surface area contributed by atoms with Gasteiger partial charge in [0.05, 0.1) is 0 Å². The fourth-order valence-electron chi connectivity index (χ4n) is 1.85. The Hall–Kier alpha value is -1.31. The number of benzene rings is 1. The molecule has 0 atom stereocenters. The van der Waals surface area contributed by atoms with Crippen molar-refractivity contribution in [1.82, 2.24) is 0 Å². The van der Waals surface area contributed by atoms with Gasteiger partial charge in [-0.05, 0) is 24.6 Å². The van der Waals surface area contributed by atoms with E-state index in [1.165, 1.54) is 32.1 Å². The lowest BCUT2D eigenvalue weighted by atomic mass is 10.1. The molecule has 0 aliphatic rings. The van der Waals surface area contributed by atoms with Gasteiger partial charge in [0.2, 0.25) is 0 Å². The standard InChI is InChI=1S/C16H23O2/c1-2-3-4-5-6-7-11-14-16(17)18-15-12-9-8-10-13-15/h9-10,12-13H,2-7,11,14H2,1H3. The molecule has 1 rings (SSSR count). The summed E-state index contributed by atoms with van der Waals surface area (Å²) in [5.41, 5.74) is 0. The molecule has 1 radical (unpaired) electrons. The minimum atomic E-state index is -0.130. The topological polar surface area (TPSA) is 26.3 Å². The molecule has 0 fully saturated rings. The van der Waals surface area contributed by atoms with Gasteiger partial charge < -0.3 is 4.74 Å². The van der Waals surface area contributed by atoms with Crippen LogP contribution in [0.15, 0.2) is 24.3 Å². The zero-order chi connectivity index (χ0) is 13.1. The molecule has 0 bridgehead atoms. The molecule has 2 heteroatoms. The first-order valence-electron chi connectivity index (χ1n) is 6.99. The van der Waals surface area contributed by atoms with Crippen LogP contribution in [0.5, 0.6) is 5.75 Å². The number of rotatable bonds is 9. The van der Waals surface area contributed by atoms with Crippen LogP contribution in [0.4, 0.5) is 0 Å². The van der Waals surface area contributed by atoms with E-state index in [0.29, 0.717) is 12.2 Å². The highest BCUT2D eigenvalue weighted by molar-refractivity contribution is 5.72. The summed E-state index contributed by atoms with van der Waals surface area (Å²) < 4.78 is 5.20. The van der Waals surface area contributed by atoms with Gasteiger partial charge in [-0.25, -0.2) is 0 Å². The second kappa shape index (κ2) is 9.69. The van der Waals surface area contributed by atoms with Crippen LogP contribution in [0.2, 0.25) is 0 Å². The van der Waals surface area contributed by atoms with Crippen LogP contribution >= 0.6 is 0 Å². The summed E-state index contributed by atoms with van der Waals surface area (Å²) in [4.78, 5) is 11.5. The maximum atomic E-state index is 11.5. The zero-order valence-corrected chi connectivity index (χ0v) is 11.3. The monoisotopic (exact) mass is 247 g/mol. The van der Waals surface area contributed by atoms with Gasteiger partial charge in [0.25, 0.3) is 0 Å². The van der Waals surface area contributed by atoms with Crippen LogP contribution in [-0.4, -0.2) is 5.97 Å². The number of carbonyl (C=O) groups is 1. The lowest BCUT2D eigenvalue weighted by molar-refractivity contribution is -0.134. The van der Waals surface area contributed by atoms with E-state index in [9.17, 15) is 4.79 Å². The summed E-state index contributed by atoms with van der Waals surface area (Å²) in [6.07, 6.45) is 9.03. The number of hydrogen-bond donors (Lipinski definition) is 0. The predicted octanol–water partition coefficient (Wildman–Crippen LogP) is 4.53. The minimum Gasteiger partial charge on any atom is -0.427 e. The molecule has 1 aromatic carbocycles. The van der Waals surface area contributed by atoms with Gasteiger partial charge in [0.15, 0.2) is 0 Å². The molecule has 18 heavy (non-hydrogen) atoms. The van der Waals surface area contributed by atoms with E-state index in [1.54, 1.807) is 24.3 Å². The van der Waals surface area contributed by atoms with Gasteiger partial charge in [-0.2, -0.15) is 0 Å². The molecule has 0 amide bonds. The van der Waals surface area contributed by atoms with Crippen molar-refractivity contribution < 1.29 is 9.53 Å². The molecule has 0 spiro atoms. The number of esters is 1. The highest BCUT2D eigenvalue weighted by atomic mass is 16.5. The first-order chi connectivity index (χ1) is 8.83. The van der Waals surface area contributed by atoms with E-state index < -0.39 is 0 Å². The summed E-state index contributed by atoms with van der Waals surface area (Å²) in [5, 5.41) is 0. The Bertz CT molecular complexity index is 319. The summed E-state index contributed by atoms with van der Waals surface area (Å²) in [5.74, 6) is 0.483. The van der Waals surface area contributed by atoms with Crippen molar-refractivity contribution in [2.45, 2.75) is 58.3 Å². The van der Waals surface area contributed by atoms with Crippen LogP contribution < -0.4 is 4.74 Å². The molecule has 99 valence electrons. The van der Waals surface area contributed by atoms with E-state index in [2.05, 4.69) is 13.0 Å². The smallest absolute Gasteiger partial charge is 0.311 e. The Morgan fingerprint density at radius 1 is 1.06 bits per heavy atom. The summed E-state index contributed by atoms with van der Waals surface area (Å²) in [6, 6.07) is 9.89. The Morgan fingerprint density at radius 2 is 1.67 bits per heavy atom. The molecule has 0 saturated carbocycles. The van der Waals surface area contributed by atoms with Crippen LogP contribution in [0, 0.1) is 6.07 Å². The highest BCUT2D eigenvalue weighted by Crippen LogP contribution is 2.12. The number of carbonyl (C=O) groups excluding carboxylic acids is 1. The quantitative estimate of drug-likeness (QED) is 0.364. The molecular formula is C16H23O2. The van der Waals surface area contributed by atoms with E-state index in [1.807, 2.05) is 0 Å². The maximum Gasteiger partial charge on any atom is 0.311 e. The Kier molecular flexibility index (Phi) is 7.94. The number of ether oxygens (including phenoxy) is 1. The molecule has 0 N–H and O–H groups in total. The molecular weight excluding hydrogens is 224 g/mol. The predicted molar refractivity (Wildman–Crippen MR) is 73.5 cm³/mol. The lowest BCUT2D eigenvalue weighted by Gasteiger charge is -2.04. The van der Waals surface area contributed by atoms with E-state index in [-0.39, 0.29) is 5.97 Å². The Labute approximate surface area is 110 Å². The van der Waals surface area contributed by atoms with Gasteiger partial charge in [-0.15, -0.1) is 0 Å². The molecule has 0 aliphatic carbocycles. The van der Waals surface area contributed by atoms with Gasteiger partial charge in [0, 0.05) is 6.42 Å². The van der Waals surface area contributed by atoms with Crippen molar-refractivity contribution >= 4 is 5.97 Å². The molecule has 0 aliphatic heterocycles.